The van der Waals surface area contributed by atoms with E-state index < -0.39 is 9.84 Å². The number of aromatic nitrogens is 1. The van der Waals surface area contributed by atoms with Crippen LogP contribution in [0.25, 0.3) is 0 Å². The Balaban J connectivity index is 2.49. The largest absolute Gasteiger partial charge is 0.424 e. The molecule has 0 fully saturated rings. The zero-order chi connectivity index (χ0) is 16.3. The molecule has 0 amide bonds. The summed E-state index contributed by atoms with van der Waals surface area (Å²) in [6.07, 6.45) is 2.50. The zero-order valence-corrected chi connectivity index (χ0v) is 14.4. The average molecular weight is 343 g/mol. The Labute approximate surface area is 135 Å². The minimum absolute atomic E-state index is 0.0501. The fourth-order valence-electron chi connectivity index (χ4n) is 1.96. The Bertz CT molecular complexity index is 737. The van der Waals surface area contributed by atoms with Crippen molar-refractivity contribution in [3.8, 4) is 0 Å². The zero-order valence-electron chi connectivity index (χ0n) is 12.8. The predicted molar refractivity (Wildman–Crippen MR) is 86.3 cm³/mol. The van der Waals surface area contributed by atoms with E-state index in [2.05, 4.69) is 11.9 Å². The molecule has 0 aliphatic heterocycles. The second kappa shape index (κ2) is 6.71. The minimum atomic E-state index is -3.74. The van der Waals surface area contributed by atoms with E-state index in [0.29, 0.717) is 17.3 Å². The molecule has 7 heteroatoms. The van der Waals surface area contributed by atoms with Crippen molar-refractivity contribution < 1.29 is 12.8 Å². The first kappa shape index (κ1) is 16.8. The maximum Gasteiger partial charge on any atom is 0.235 e. The van der Waals surface area contributed by atoms with Crippen LogP contribution in [-0.4, -0.2) is 27.5 Å². The fraction of sp³-hybridized carbons (Fsp3) is 0.400. The van der Waals surface area contributed by atoms with Gasteiger partial charge in [-0.2, -0.15) is 4.98 Å². The lowest BCUT2D eigenvalue weighted by atomic mass is 10.2. The smallest absolute Gasteiger partial charge is 0.235 e. The first-order valence-electron chi connectivity index (χ1n) is 7.04. The second-order valence-corrected chi connectivity index (χ2v) is 7.47. The van der Waals surface area contributed by atoms with Crippen molar-refractivity contribution in [1.29, 1.82) is 0 Å². The van der Waals surface area contributed by atoms with Crippen LogP contribution in [0.5, 0.6) is 0 Å². The van der Waals surface area contributed by atoms with Crippen LogP contribution in [0.2, 0.25) is 5.02 Å². The van der Waals surface area contributed by atoms with Crippen molar-refractivity contribution in [2.45, 2.75) is 36.1 Å². The second-order valence-electron chi connectivity index (χ2n) is 5.17. The molecule has 0 radical (unpaired) electrons. The van der Waals surface area contributed by atoms with Gasteiger partial charge in [0.15, 0.2) is 5.89 Å². The number of rotatable bonds is 6. The van der Waals surface area contributed by atoms with Crippen LogP contribution in [0.4, 0.5) is 5.88 Å². The number of anilines is 1. The number of sulfone groups is 1. The lowest BCUT2D eigenvalue weighted by Gasteiger charge is -2.10. The molecule has 5 nitrogen and oxygen atoms in total. The molecular weight excluding hydrogens is 324 g/mol. The molecule has 22 heavy (non-hydrogen) atoms. The summed E-state index contributed by atoms with van der Waals surface area (Å²) in [7, 11) is -0.286. The monoisotopic (exact) mass is 342 g/mol. The molecule has 0 spiro atoms. The fourth-order valence-corrected chi connectivity index (χ4v) is 3.48. The summed E-state index contributed by atoms with van der Waals surface area (Å²) >= 11 is 5.81. The van der Waals surface area contributed by atoms with Gasteiger partial charge in [-0.1, -0.05) is 24.9 Å². The third-order valence-electron chi connectivity index (χ3n) is 3.15. The Morgan fingerprint density at radius 2 is 1.86 bits per heavy atom. The van der Waals surface area contributed by atoms with Crippen molar-refractivity contribution >= 4 is 27.3 Å². The third-order valence-corrected chi connectivity index (χ3v) is 5.07. The molecule has 0 aliphatic carbocycles. The summed E-state index contributed by atoms with van der Waals surface area (Å²) in [4.78, 5) is 5.97. The van der Waals surface area contributed by atoms with Crippen LogP contribution in [0.1, 0.15) is 25.7 Å². The van der Waals surface area contributed by atoms with Gasteiger partial charge in [0.25, 0.3) is 0 Å². The van der Waals surface area contributed by atoms with E-state index in [4.69, 9.17) is 16.0 Å². The highest BCUT2D eigenvalue weighted by Gasteiger charge is 2.28. The van der Waals surface area contributed by atoms with Gasteiger partial charge in [-0.3, -0.25) is 0 Å². The van der Waals surface area contributed by atoms with E-state index in [-0.39, 0.29) is 15.8 Å². The number of hydrogen-bond acceptors (Lipinski definition) is 5. The number of nitrogens with zero attached hydrogens (tertiary/aromatic N) is 2. The number of hydrogen-bond donors (Lipinski definition) is 0. The first-order valence-corrected chi connectivity index (χ1v) is 8.90. The molecule has 0 N–H and O–H groups in total. The van der Waals surface area contributed by atoms with Crippen molar-refractivity contribution in [1.82, 2.24) is 4.98 Å². The Hall–Kier alpha value is -1.53. The molecule has 0 unspecified atom stereocenters. The van der Waals surface area contributed by atoms with E-state index in [1.807, 2.05) is 0 Å². The molecule has 0 atom stereocenters. The van der Waals surface area contributed by atoms with Crippen LogP contribution >= 0.6 is 11.6 Å². The number of oxazole rings is 1. The van der Waals surface area contributed by atoms with Gasteiger partial charge in [-0.25, -0.2) is 8.42 Å². The van der Waals surface area contributed by atoms with Crippen LogP contribution < -0.4 is 4.90 Å². The maximum atomic E-state index is 12.8. The van der Waals surface area contributed by atoms with Crippen molar-refractivity contribution in [2.24, 2.45) is 0 Å². The predicted octanol–water partition coefficient (Wildman–Crippen LogP) is 3.57. The van der Waals surface area contributed by atoms with Gasteiger partial charge in [-0.05, 0) is 30.7 Å². The van der Waals surface area contributed by atoms with E-state index >= 15 is 0 Å². The highest BCUT2D eigenvalue weighted by Crippen LogP contribution is 2.30. The van der Waals surface area contributed by atoms with Crippen molar-refractivity contribution in [2.75, 3.05) is 19.0 Å². The molecular formula is C15H19ClN2O3S. The van der Waals surface area contributed by atoms with Gasteiger partial charge in [-0.15, -0.1) is 0 Å². The van der Waals surface area contributed by atoms with Crippen LogP contribution in [0.3, 0.4) is 0 Å². The van der Waals surface area contributed by atoms with Gasteiger partial charge < -0.3 is 9.32 Å². The lowest BCUT2D eigenvalue weighted by Crippen LogP contribution is -2.13. The van der Waals surface area contributed by atoms with Gasteiger partial charge >= 0.3 is 0 Å². The number of benzene rings is 1. The van der Waals surface area contributed by atoms with Gasteiger partial charge in [0.1, 0.15) is 0 Å². The molecule has 0 saturated heterocycles. The van der Waals surface area contributed by atoms with E-state index in [0.717, 1.165) is 12.8 Å². The highest BCUT2D eigenvalue weighted by molar-refractivity contribution is 7.91. The third kappa shape index (κ3) is 3.44. The van der Waals surface area contributed by atoms with E-state index in [9.17, 15) is 8.42 Å². The number of halogens is 1. The summed E-state index contributed by atoms with van der Waals surface area (Å²) in [5, 5.41) is 0.432. The molecule has 120 valence electrons. The Morgan fingerprint density at radius 1 is 1.23 bits per heavy atom. The summed E-state index contributed by atoms with van der Waals surface area (Å²) < 4.78 is 31.1. The topological polar surface area (TPSA) is 63.4 Å². The van der Waals surface area contributed by atoms with Crippen molar-refractivity contribution in [3.05, 3.63) is 35.2 Å². The normalized spacial score (nSPS) is 11.6. The SMILES string of the molecule is CCCCc1nc(S(=O)(=O)c2ccc(Cl)cc2)c(N(C)C)o1. The average Bonchev–Trinajstić information content (AvgIpc) is 2.91. The number of aryl methyl sites for hydroxylation is 1. The lowest BCUT2D eigenvalue weighted by molar-refractivity contribution is 0.486. The summed E-state index contributed by atoms with van der Waals surface area (Å²) in [5.74, 6) is 0.694. The Morgan fingerprint density at radius 3 is 2.41 bits per heavy atom. The van der Waals surface area contributed by atoms with Crippen molar-refractivity contribution in [3.63, 3.8) is 0 Å². The van der Waals surface area contributed by atoms with Crippen LogP contribution in [-0.2, 0) is 16.3 Å². The maximum absolute atomic E-state index is 12.8. The van der Waals surface area contributed by atoms with Gasteiger partial charge in [0.05, 0.1) is 4.90 Å². The summed E-state index contributed by atoms with van der Waals surface area (Å²) in [5.41, 5.74) is 0. The number of unbranched alkanes of at least 4 members (excludes halogenated alkanes) is 1. The Kier molecular flexibility index (Phi) is 5.13. The quantitative estimate of drug-likeness (QED) is 0.803. The van der Waals surface area contributed by atoms with E-state index in [1.54, 1.807) is 31.1 Å². The minimum Gasteiger partial charge on any atom is -0.424 e. The summed E-state index contributed by atoms with van der Waals surface area (Å²) in [6.45, 7) is 2.06. The van der Waals surface area contributed by atoms with Gasteiger partial charge in [0.2, 0.25) is 20.7 Å². The summed E-state index contributed by atoms with van der Waals surface area (Å²) in [6, 6.07) is 6.03. The van der Waals surface area contributed by atoms with Crippen LogP contribution in [0.15, 0.2) is 38.6 Å². The molecule has 0 saturated carbocycles. The molecule has 0 aliphatic rings. The standard InChI is InChI=1S/C15H19ClN2O3S/c1-4-5-6-13-17-14(15(21-13)18(2)3)22(19,20)12-9-7-11(16)8-10-12/h7-10H,4-6H2,1-3H3. The molecule has 1 aromatic heterocycles. The molecule has 2 rings (SSSR count). The van der Waals surface area contributed by atoms with E-state index in [1.165, 1.54) is 12.1 Å². The molecule has 1 aromatic carbocycles. The molecule has 1 heterocycles. The van der Waals surface area contributed by atoms with Crippen LogP contribution in [0, 0.1) is 0 Å². The van der Waals surface area contributed by atoms with Gasteiger partial charge in [0, 0.05) is 25.5 Å². The highest BCUT2D eigenvalue weighted by atomic mass is 35.5. The molecule has 0 bridgehead atoms. The molecule has 2 aromatic rings. The first-order chi connectivity index (χ1) is 10.4.